The minimum Gasteiger partial charge on any atom is -0.370 e. The molecule has 14 heavy (non-hydrogen) atoms. The molecule has 1 spiro atoms. The normalized spacial score (nSPS) is 41.3. The molecule has 80 valence electrons. The summed E-state index contributed by atoms with van der Waals surface area (Å²) in [5.74, 6) is 0.398. The van der Waals surface area contributed by atoms with E-state index < -0.39 is 0 Å². The Hall–Kier alpha value is -0.370. The van der Waals surface area contributed by atoms with E-state index in [9.17, 15) is 4.79 Å². The van der Waals surface area contributed by atoms with Crippen molar-refractivity contribution in [1.29, 1.82) is 0 Å². The molecule has 0 aromatic rings. The topological polar surface area (TPSA) is 29.6 Å². The van der Waals surface area contributed by atoms with E-state index in [1.165, 1.54) is 0 Å². The zero-order valence-electron chi connectivity index (χ0n) is 9.27. The average Bonchev–Trinajstić information content (AvgIpc) is 2.90. The third kappa shape index (κ3) is 1.60. The van der Waals surface area contributed by atoms with Crippen LogP contribution in [0.25, 0.3) is 0 Å². The molecule has 0 bridgehead atoms. The molecule has 0 radical (unpaired) electrons. The summed E-state index contributed by atoms with van der Waals surface area (Å²) in [6.07, 6.45) is 6.50. The van der Waals surface area contributed by atoms with Crippen LogP contribution in [0, 0.1) is 5.41 Å². The molecule has 0 unspecified atom stereocenters. The van der Waals surface area contributed by atoms with Crippen molar-refractivity contribution < 1.29 is 9.53 Å². The van der Waals surface area contributed by atoms with Crippen molar-refractivity contribution in [2.45, 2.75) is 58.0 Å². The van der Waals surface area contributed by atoms with Gasteiger partial charge in [0.15, 0.2) is 0 Å². The lowest BCUT2D eigenvalue weighted by atomic mass is 9.66. The Morgan fingerprint density at radius 3 is 2.21 bits per heavy atom. The van der Waals surface area contributed by atoms with Crippen LogP contribution in [0.1, 0.15) is 52.4 Å². The number of epoxide rings is 1. The molecule has 2 fully saturated rings. The van der Waals surface area contributed by atoms with Crippen molar-refractivity contribution in [3.05, 3.63) is 0 Å². The molecule has 1 heterocycles. The van der Waals surface area contributed by atoms with E-state index in [1.807, 2.05) is 0 Å². The second-order valence-corrected chi connectivity index (χ2v) is 5.06. The average molecular weight is 196 g/mol. The number of ether oxygens (including phenoxy) is 1. The summed E-state index contributed by atoms with van der Waals surface area (Å²) in [5, 5.41) is 0. The number of Topliss-reactive ketones (excluding diaryl/α,β-unsaturated/α-hetero) is 1. The highest BCUT2D eigenvalue weighted by molar-refractivity contribution is 5.82. The van der Waals surface area contributed by atoms with Gasteiger partial charge >= 0.3 is 0 Å². The minimum absolute atomic E-state index is 0.00590. The van der Waals surface area contributed by atoms with Gasteiger partial charge in [-0.05, 0) is 39.0 Å². The molecule has 0 amide bonds. The van der Waals surface area contributed by atoms with Gasteiger partial charge in [0.2, 0.25) is 0 Å². The van der Waals surface area contributed by atoms with Gasteiger partial charge in [0.1, 0.15) is 5.78 Å². The third-order valence-corrected chi connectivity index (χ3v) is 4.15. The second kappa shape index (κ2) is 3.34. The number of carbonyl (C=O) groups excluding carboxylic acids is 1. The molecule has 0 aromatic carbocycles. The maximum atomic E-state index is 11.7. The maximum Gasteiger partial charge on any atom is 0.135 e. The van der Waals surface area contributed by atoms with Crippen molar-refractivity contribution in [3.8, 4) is 0 Å². The Kier molecular flexibility index (Phi) is 2.42. The molecule has 1 aliphatic carbocycles. The Balaban J connectivity index is 2.02. The summed E-state index contributed by atoms with van der Waals surface area (Å²) >= 11 is 0. The van der Waals surface area contributed by atoms with Gasteiger partial charge in [-0.2, -0.15) is 0 Å². The van der Waals surface area contributed by atoms with Gasteiger partial charge < -0.3 is 4.74 Å². The Labute approximate surface area is 86.0 Å². The standard InChI is InChI=1S/C12H20O2/c1-3-4-11(10(2)13)5-7-12(8-6-11)9-14-12/h3-9H2,1-2H3. The summed E-state index contributed by atoms with van der Waals surface area (Å²) in [5.41, 5.74) is 0.221. The molecule has 2 aliphatic rings. The zero-order chi connectivity index (χ0) is 10.2. The first kappa shape index (κ1) is 10.2. The molecule has 2 nitrogen and oxygen atoms in total. The summed E-state index contributed by atoms with van der Waals surface area (Å²) < 4.78 is 5.48. The lowest BCUT2D eigenvalue weighted by Gasteiger charge is -2.37. The van der Waals surface area contributed by atoms with Gasteiger partial charge in [-0.15, -0.1) is 0 Å². The number of ketones is 1. The Bertz CT molecular complexity index is 231. The molecule has 1 saturated carbocycles. The van der Waals surface area contributed by atoms with Gasteiger partial charge in [-0.1, -0.05) is 13.3 Å². The predicted molar refractivity (Wildman–Crippen MR) is 55.2 cm³/mol. The molecular weight excluding hydrogens is 176 g/mol. The van der Waals surface area contributed by atoms with Gasteiger partial charge in [0, 0.05) is 5.41 Å². The highest BCUT2D eigenvalue weighted by Gasteiger charge is 2.52. The maximum absolute atomic E-state index is 11.7. The number of rotatable bonds is 3. The molecule has 2 rings (SSSR count). The number of carbonyl (C=O) groups is 1. The van der Waals surface area contributed by atoms with Crippen molar-refractivity contribution in [1.82, 2.24) is 0 Å². The monoisotopic (exact) mass is 196 g/mol. The molecule has 0 N–H and O–H groups in total. The molecule has 2 heteroatoms. The summed E-state index contributed by atoms with van der Waals surface area (Å²) in [6, 6.07) is 0. The second-order valence-electron chi connectivity index (χ2n) is 5.06. The highest BCUT2D eigenvalue weighted by Crippen LogP contribution is 2.50. The van der Waals surface area contributed by atoms with Crippen LogP contribution in [0.2, 0.25) is 0 Å². The van der Waals surface area contributed by atoms with E-state index in [4.69, 9.17) is 4.74 Å². The quantitative estimate of drug-likeness (QED) is 0.649. The van der Waals surface area contributed by atoms with Gasteiger partial charge in [0.25, 0.3) is 0 Å². The lowest BCUT2D eigenvalue weighted by molar-refractivity contribution is -0.129. The van der Waals surface area contributed by atoms with Crippen LogP contribution >= 0.6 is 0 Å². The van der Waals surface area contributed by atoms with E-state index in [-0.39, 0.29) is 11.0 Å². The van der Waals surface area contributed by atoms with Gasteiger partial charge in [0.05, 0.1) is 12.2 Å². The molecule has 1 aliphatic heterocycles. The van der Waals surface area contributed by atoms with Gasteiger partial charge in [-0.25, -0.2) is 0 Å². The van der Waals surface area contributed by atoms with Crippen molar-refractivity contribution >= 4 is 5.78 Å². The first-order valence-corrected chi connectivity index (χ1v) is 5.78. The van der Waals surface area contributed by atoms with Crippen molar-refractivity contribution in [2.24, 2.45) is 5.41 Å². The number of hydrogen-bond acceptors (Lipinski definition) is 2. The van der Waals surface area contributed by atoms with Crippen LogP contribution < -0.4 is 0 Å². The minimum atomic E-state index is 0.00590. The Morgan fingerprint density at radius 1 is 1.29 bits per heavy atom. The largest absolute Gasteiger partial charge is 0.370 e. The first-order chi connectivity index (χ1) is 6.63. The summed E-state index contributed by atoms with van der Waals surface area (Å²) in [7, 11) is 0. The van der Waals surface area contributed by atoms with E-state index in [0.29, 0.717) is 5.78 Å². The fourth-order valence-electron chi connectivity index (χ4n) is 2.83. The fourth-order valence-corrected chi connectivity index (χ4v) is 2.83. The summed E-state index contributed by atoms with van der Waals surface area (Å²) in [4.78, 5) is 11.7. The van der Waals surface area contributed by atoms with E-state index >= 15 is 0 Å². The van der Waals surface area contributed by atoms with E-state index in [0.717, 1.165) is 45.1 Å². The molecule has 0 aromatic heterocycles. The molecular formula is C12H20O2. The summed E-state index contributed by atoms with van der Waals surface area (Å²) in [6.45, 7) is 4.87. The predicted octanol–water partition coefficient (Wildman–Crippen LogP) is 2.70. The van der Waals surface area contributed by atoms with E-state index in [2.05, 4.69) is 6.92 Å². The highest BCUT2D eigenvalue weighted by atomic mass is 16.6. The van der Waals surface area contributed by atoms with Crippen LogP contribution in [0.15, 0.2) is 0 Å². The SMILES string of the molecule is CCCC1(C(C)=O)CCC2(CC1)CO2. The van der Waals surface area contributed by atoms with Crippen LogP contribution in [0.4, 0.5) is 0 Å². The molecule has 1 saturated heterocycles. The molecule has 0 atom stereocenters. The smallest absolute Gasteiger partial charge is 0.135 e. The van der Waals surface area contributed by atoms with Crippen LogP contribution in [0.5, 0.6) is 0 Å². The van der Waals surface area contributed by atoms with Crippen molar-refractivity contribution in [2.75, 3.05) is 6.61 Å². The zero-order valence-corrected chi connectivity index (χ0v) is 9.27. The number of hydrogen-bond donors (Lipinski definition) is 0. The fraction of sp³-hybridized carbons (Fsp3) is 0.917. The van der Waals surface area contributed by atoms with E-state index in [1.54, 1.807) is 6.92 Å². The van der Waals surface area contributed by atoms with Crippen molar-refractivity contribution in [3.63, 3.8) is 0 Å². The van der Waals surface area contributed by atoms with Gasteiger partial charge in [-0.3, -0.25) is 4.79 Å². The first-order valence-electron chi connectivity index (χ1n) is 5.78. The third-order valence-electron chi connectivity index (χ3n) is 4.15. The van der Waals surface area contributed by atoms with Crippen LogP contribution in [0.3, 0.4) is 0 Å². The Morgan fingerprint density at radius 2 is 1.86 bits per heavy atom. The van der Waals surface area contributed by atoms with Crippen LogP contribution in [-0.4, -0.2) is 18.0 Å². The lowest BCUT2D eigenvalue weighted by Crippen LogP contribution is -2.36. The van der Waals surface area contributed by atoms with Crippen LogP contribution in [-0.2, 0) is 9.53 Å².